The van der Waals surface area contributed by atoms with Crippen LogP contribution in [-0.2, 0) is 4.79 Å². The molecule has 0 aliphatic heterocycles. The van der Waals surface area contributed by atoms with Crippen molar-refractivity contribution in [3.05, 3.63) is 75.7 Å². The van der Waals surface area contributed by atoms with E-state index in [0.29, 0.717) is 29.9 Å². The van der Waals surface area contributed by atoms with Crippen LogP contribution >= 0.6 is 0 Å². The molecule has 8 heteroatoms. The van der Waals surface area contributed by atoms with Crippen LogP contribution in [0.4, 0.5) is 0 Å². The van der Waals surface area contributed by atoms with Crippen LogP contribution in [0.3, 0.4) is 0 Å². The van der Waals surface area contributed by atoms with Gasteiger partial charge in [-0.1, -0.05) is 19.1 Å². The Morgan fingerprint density at radius 3 is 2.48 bits per heavy atom. The largest absolute Gasteiger partial charge is 0.494 e. The lowest BCUT2D eigenvalue weighted by atomic mass is 10.1. The van der Waals surface area contributed by atoms with E-state index in [0.717, 1.165) is 6.42 Å². The summed E-state index contributed by atoms with van der Waals surface area (Å²) in [5.41, 5.74) is -0.348. The van der Waals surface area contributed by atoms with Gasteiger partial charge in [0.15, 0.2) is 0 Å². The molecule has 33 heavy (non-hydrogen) atoms. The molecule has 8 nitrogen and oxygen atoms in total. The van der Waals surface area contributed by atoms with Gasteiger partial charge < -0.3 is 19.2 Å². The number of carbonyl (C=O) groups is 2. The van der Waals surface area contributed by atoms with Gasteiger partial charge in [-0.2, -0.15) is 5.26 Å². The number of nitrogens with one attached hydrogen (secondary N) is 1. The number of hydrogen-bond donors (Lipinski definition) is 1. The number of fused-ring (bicyclic) bond motifs is 1. The van der Waals surface area contributed by atoms with E-state index in [1.807, 2.05) is 13.0 Å². The van der Waals surface area contributed by atoms with Gasteiger partial charge in [-0.15, -0.1) is 0 Å². The summed E-state index contributed by atoms with van der Waals surface area (Å²) in [6, 6.07) is 14.6. The molecule has 1 heterocycles. The van der Waals surface area contributed by atoms with Gasteiger partial charge in [-0.05, 0) is 55.3 Å². The third kappa shape index (κ3) is 5.86. The Kier molecular flexibility index (Phi) is 7.60. The van der Waals surface area contributed by atoms with Crippen LogP contribution in [0, 0.1) is 11.3 Å². The van der Waals surface area contributed by atoms with Gasteiger partial charge >= 0.3 is 11.6 Å². The predicted molar refractivity (Wildman–Crippen MR) is 122 cm³/mol. The molecule has 1 amide bonds. The minimum absolute atomic E-state index is 0.0888. The maximum absolute atomic E-state index is 12.5. The Balaban J connectivity index is 1.79. The first-order valence-corrected chi connectivity index (χ1v) is 10.4. The molecule has 1 N–H and O–H groups in total. The highest BCUT2D eigenvalue weighted by molar-refractivity contribution is 5.99. The minimum Gasteiger partial charge on any atom is -0.494 e. The lowest BCUT2D eigenvalue weighted by Crippen LogP contribution is -2.27. The van der Waals surface area contributed by atoms with E-state index < -0.39 is 17.5 Å². The Labute approximate surface area is 190 Å². The van der Waals surface area contributed by atoms with E-state index in [2.05, 4.69) is 5.32 Å². The van der Waals surface area contributed by atoms with E-state index in [1.54, 1.807) is 37.3 Å². The molecule has 168 valence electrons. The van der Waals surface area contributed by atoms with Crippen molar-refractivity contribution in [2.75, 3.05) is 13.2 Å². The topological polar surface area (TPSA) is 119 Å². The summed E-state index contributed by atoms with van der Waals surface area (Å²) in [7, 11) is 0. The molecule has 2 aromatic carbocycles. The molecule has 0 saturated carbocycles. The Bertz CT molecular complexity index is 1300. The first-order valence-electron chi connectivity index (χ1n) is 10.4. The quantitative estimate of drug-likeness (QED) is 0.184. The maximum Gasteiger partial charge on any atom is 0.354 e. The van der Waals surface area contributed by atoms with Crippen molar-refractivity contribution in [3.8, 4) is 17.6 Å². The summed E-state index contributed by atoms with van der Waals surface area (Å²) in [5.74, 6) is -0.601. The van der Waals surface area contributed by atoms with Crippen molar-refractivity contribution in [1.82, 2.24) is 5.32 Å². The fourth-order valence-corrected chi connectivity index (χ4v) is 2.91. The molecule has 0 unspecified atom stereocenters. The standard InChI is InChI=1S/C25H22N2O6/c1-3-11-31-19-8-5-16(6-9-19)12-18(15-26)24(29)32-20-10-7-17-13-21(23(28)27-4-2)25(30)33-22(17)14-20/h5-10,12-14H,3-4,11H2,1-2H3,(H,27,28)/b18-12+. The average molecular weight is 446 g/mol. The summed E-state index contributed by atoms with van der Waals surface area (Å²) in [6.07, 6.45) is 2.30. The Morgan fingerprint density at radius 2 is 1.82 bits per heavy atom. The summed E-state index contributed by atoms with van der Waals surface area (Å²) in [6.45, 7) is 4.72. The van der Waals surface area contributed by atoms with E-state index in [1.165, 1.54) is 24.3 Å². The van der Waals surface area contributed by atoms with Crippen LogP contribution in [0.25, 0.3) is 17.0 Å². The number of ether oxygens (including phenoxy) is 2. The number of carbonyl (C=O) groups excluding carboxylic acids is 2. The number of nitrogens with zero attached hydrogens (tertiary/aromatic N) is 1. The maximum atomic E-state index is 12.5. The van der Waals surface area contributed by atoms with Gasteiger partial charge in [0.2, 0.25) is 0 Å². The molecule has 0 atom stereocenters. The van der Waals surface area contributed by atoms with Crippen molar-refractivity contribution in [2.24, 2.45) is 0 Å². The highest BCUT2D eigenvalue weighted by Gasteiger charge is 2.16. The molecule has 0 fully saturated rings. The normalized spacial score (nSPS) is 11.0. The highest BCUT2D eigenvalue weighted by atomic mass is 16.5. The molecule has 0 bridgehead atoms. The molecule has 0 aliphatic rings. The van der Waals surface area contributed by atoms with Crippen molar-refractivity contribution < 1.29 is 23.5 Å². The summed E-state index contributed by atoms with van der Waals surface area (Å²) >= 11 is 0. The van der Waals surface area contributed by atoms with Crippen molar-refractivity contribution in [1.29, 1.82) is 5.26 Å². The number of nitriles is 1. The molecule has 1 aromatic heterocycles. The van der Waals surface area contributed by atoms with Crippen LogP contribution in [0.15, 0.2) is 63.3 Å². The second kappa shape index (κ2) is 10.8. The first-order chi connectivity index (χ1) is 15.9. The monoisotopic (exact) mass is 446 g/mol. The molecule has 3 aromatic rings. The molecular weight excluding hydrogens is 424 g/mol. The van der Waals surface area contributed by atoms with E-state index in [9.17, 15) is 19.6 Å². The molecule has 0 saturated heterocycles. The van der Waals surface area contributed by atoms with E-state index in [4.69, 9.17) is 13.9 Å². The van der Waals surface area contributed by atoms with Gasteiger partial charge in [-0.3, -0.25) is 4.79 Å². The van der Waals surface area contributed by atoms with Crippen LogP contribution < -0.4 is 20.4 Å². The number of rotatable bonds is 8. The predicted octanol–water partition coefficient (Wildman–Crippen LogP) is 3.84. The van der Waals surface area contributed by atoms with Gasteiger partial charge in [0.1, 0.15) is 34.3 Å². The number of amides is 1. The van der Waals surface area contributed by atoms with Crippen LogP contribution in [0.5, 0.6) is 11.5 Å². The summed E-state index contributed by atoms with van der Waals surface area (Å²) in [5, 5.41) is 12.4. The van der Waals surface area contributed by atoms with Gasteiger partial charge in [0, 0.05) is 18.0 Å². The minimum atomic E-state index is -0.857. The second-order valence-electron chi connectivity index (χ2n) is 6.98. The Hall–Kier alpha value is -4.38. The van der Waals surface area contributed by atoms with Gasteiger partial charge in [-0.25, -0.2) is 9.59 Å². The third-order valence-corrected chi connectivity index (χ3v) is 4.50. The van der Waals surface area contributed by atoms with Crippen LogP contribution in [0.1, 0.15) is 36.2 Å². The number of hydrogen-bond acceptors (Lipinski definition) is 7. The molecular formula is C25H22N2O6. The second-order valence-corrected chi connectivity index (χ2v) is 6.98. The van der Waals surface area contributed by atoms with Crippen molar-refractivity contribution >= 4 is 28.9 Å². The average Bonchev–Trinajstić information content (AvgIpc) is 2.81. The SMILES string of the molecule is CCCOc1ccc(/C=C(\C#N)C(=O)Oc2ccc3cc(C(=O)NCC)c(=O)oc3c2)cc1. The van der Waals surface area contributed by atoms with Crippen molar-refractivity contribution in [2.45, 2.75) is 20.3 Å². The van der Waals surface area contributed by atoms with Crippen molar-refractivity contribution in [3.63, 3.8) is 0 Å². The molecule has 0 radical (unpaired) electrons. The van der Waals surface area contributed by atoms with Gasteiger partial charge in [0.25, 0.3) is 5.91 Å². The Morgan fingerprint density at radius 1 is 1.09 bits per heavy atom. The zero-order chi connectivity index (χ0) is 23.8. The zero-order valence-electron chi connectivity index (χ0n) is 18.2. The van der Waals surface area contributed by atoms with Crippen LogP contribution in [-0.4, -0.2) is 25.0 Å². The van der Waals surface area contributed by atoms with Crippen LogP contribution in [0.2, 0.25) is 0 Å². The van der Waals surface area contributed by atoms with E-state index >= 15 is 0 Å². The fourth-order valence-electron chi connectivity index (χ4n) is 2.91. The number of esters is 1. The lowest BCUT2D eigenvalue weighted by Gasteiger charge is -2.06. The number of benzene rings is 2. The third-order valence-electron chi connectivity index (χ3n) is 4.50. The first kappa shape index (κ1) is 23.3. The zero-order valence-corrected chi connectivity index (χ0v) is 18.2. The lowest BCUT2D eigenvalue weighted by molar-refractivity contribution is -0.129. The summed E-state index contributed by atoms with van der Waals surface area (Å²) < 4.78 is 16.0. The molecule has 0 aliphatic carbocycles. The van der Waals surface area contributed by atoms with Gasteiger partial charge in [0.05, 0.1) is 6.61 Å². The fraction of sp³-hybridized carbons (Fsp3) is 0.200. The summed E-state index contributed by atoms with van der Waals surface area (Å²) in [4.78, 5) is 36.6. The smallest absolute Gasteiger partial charge is 0.354 e. The highest BCUT2D eigenvalue weighted by Crippen LogP contribution is 2.22. The molecule has 3 rings (SSSR count). The van der Waals surface area contributed by atoms with E-state index in [-0.39, 0.29) is 22.5 Å². The molecule has 0 spiro atoms.